The maximum Gasteiger partial charge on any atom is 0.129 e. The number of hydrogen-bond acceptors (Lipinski definition) is 2. The van der Waals surface area contributed by atoms with Crippen LogP contribution in [0, 0.1) is 11.7 Å². The molecule has 0 spiro atoms. The van der Waals surface area contributed by atoms with Crippen LogP contribution in [-0.4, -0.2) is 29.1 Å². The van der Waals surface area contributed by atoms with E-state index in [9.17, 15) is 9.50 Å². The maximum atomic E-state index is 13.8. The molecule has 0 aromatic heterocycles. The summed E-state index contributed by atoms with van der Waals surface area (Å²) in [6, 6.07) is 6.95. The van der Waals surface area contributed by atoms with Gasteiger partial charge in [-0.05, 0) is 38.8 Å². The van der Waals surface area contributed by atoms with Crippen molar-refractivity contribution < 1.29 is 9.50 Å². The molecule has 0 amide bonds. The molecular formula is C18H30FNO. The minimum Gasteiger partial charge on any atom is -0.388 e. The second-order valence-electron chi connectivity index (χ2n) is 6.24. The lowest BCUT2D eigenvalue weighted by molar-refractivity contribution is 0.0751. The quantitative estimate of drug-likeness (QED) is 0.683. The van der Waals surface area contributed by atoms with E-state index in [0.29, 0.717) is 11.6 Å². The lowest BCUT2D eigenvalue weighted by atomic mass is 9.96. The molecule has 2 unspecified atom stereocenters. The third kappa shape index (κ3) is 5.76. The SMILES string of the molecule is CCCCCN(CC(C)C(O)c1ccccc1F)C(C)C. The first-order valence-corrected chi connectivity index (χ1v) is 8.13. The zero-order valence-corrected chi connectivity index (χ0v) is 13.8. The lowest BCUT2D eigenvalue weighted by Crippen LogP contribution is -2.37. The number of nitrogens with zero attached hydrogens (tertiary/aromatic N) is 1. The van der Waals surface area contributed by atoms with Crippen molar-refractivity contribution in [1.29, 1.82) is 0 Å². The Labute approximate surface area is 129 Å². The highest BCUT2D eigenvalue weighted by Gasteiger charge is 2.22. The first kappa shape index (κ1) is 18.1. The smallest absolute Gasteiger partial charge is 0.129 e. The molecule has 0 saturated carbocycles. The Morgan fingerprint density at radius 1 is 1.14 bits per heavy atom. The van der Waals surface area contributed by atoms with Crippen molar-refractivity contribution in [3.8, 4) is 0 Å². The van der Waals surface area contributed by atoms with E-state index in [4.69, 9.17) is 0 Å². The predicted molar refractivity (Wildman–Crippen MR) is 86.8 cm³/mol. The van der Waals surface area contributed by atoms with E-state index in [2.05, 4.69) is 25.7 Å². The van der Waals surface area contributed by atoms with Crippen molar-refractivity contribution in [1.82, 2.24) is 4.90 Å². The zero-order valence-electron chi connectivity index (χ0n) is 13.8. The highest BCUT2D eigenvalue weighted by atomic mass is 19.1. The van der Waals surface area contributed by atoms with E-state index in [1.807, 2.05) is 6.92 Å². The van der Waals surface area contributed by atoms with Crippen LogP contribution in [0.5, 0.6) is 0 Å². The van der Waals surface area contributed by atoms with Crippen molar-refractivity contribution in [2.24, 2.45) is 5.92 Å². The molecule has 120 valence electrons. The highest BCUT2D eigenvalue weighted by Crippen LogP contribution is 2.25. The first-order chi connectivity index (χ1) is 9.97. The van der Waals surface area contributed by atoms with Crippen molar-refractivity contribution in [2.45, 2.75) is 59.1 Å². The van der Waals surface area contributed by atoms with E-state index in [1.54, 1.807) is 18.2 Å². The number of aliphatic hydroxyl groups is 1. The number of benzene rings is 1. The molecule has 2 nitrogen and oxygen atoms in total. The highest BCUT2D eigenvalue weighted by molar-refractivity contribution is 5.20. The first-order valence-electron chi connectivity index (χ1n) is 8.13. The molecule has 1 aromatic carbocycles. The Morgan fingerprint density at radius 3 is 2.38 bits per heavy atom. The molecule has 0 aliphatic rings. The topological polar surface area (TPSA) is 23.5 Å². The molecule has 0 aliphatic heterocycles. The van der Waals surface area contributed by atoms with Crippen LogP contribution in [-0.2, 0) is 0 Å². The molecular weight excluding hydrogens is 265 g/mol. The van der Waals surface area contributed by atoms with Crippen molar-refractivity contribution >= 4 is 0 Å². The predicted octanol–water partition coefficient (Wildman–Crippen LogP) is 4.40. The summed E-state index contributed by atoms with van der Waals surface area (Å²) in [5.74, 6) is -0.315. The van der Waals surface area contributed by atoms with Gasteiger partial charge >= 0.3 is 0 Å². The molecule has 1 aromatic rings. The fourth-order valence-corrected chi connectivity index (χ4v) is 2.62. The van der Waals surface area contributed by atoms with Gasteiger partial charge < -0.3 is 10.0 Å². The van der Waals surface area contributed by atoms with Crippen LogP contribution >= 0.6 is 0 Å². The molecule has 0 bridgehead atoms. The molecule has 0 heterocycles. The molecule has 0 saturated heterocycles. The summed E-state index contributed by atoms with van der Waals surface area (Å²) in [4.78, 5) is 2.38. The molecule has 0 aliphatic carbocycles. The minimum absolute atomic E-state index is 0.00549. The second-order valence-corrected chi connectivity index (χ2v) is 6.24. The van der Waals surface area contributed by atoms with Crippen LogP contribution in [0.25, 0.3) is 0 Å². The molecule has 1 rings (SSSR count). The standard InChI is InChI=1S/C18H30FNO/c1-5-6-9-12-20(14(2)3)13-15(4)18(21)16-10-7-8-11-17(16)19/h7-8,10-11,14-15,18,21H,5-6,9,12-13H2,1-4H3. The van der Waals surface area contributed by atoms with Gasteiger partial charge in [-0.2, -0.15) is 0 Å². The van der Waals surface area contributed by atoms with Crippen LogP contribution in [0.4, 0.5) is 4.39 Å². The molecule has 3 heteroatoms. The summed E-state index contributed by atoms with van der Waals surface area (Å²) in [5.41, 5.74) is 0.405. The second kappa shape index (κ2) is 9.16. The van der Waals surface area contributed by atoms with Gasteiger partial charge in [0.05, 0.1) is 6.10 Å². The average Bonchev–Trinajstić information content (AvgIpc) is 2.45. The molecule has 0 radical (unpaired) electrons. The van der Waals surface area contributed by atoms with Crippen molar-refractivity contribution in [3.05, 3.63) is 35.6 Å². The van der Waals surface area contributed by atoms with Gasteiger partial charge in [0.1, 0.15) is 5.82 Å². The number of unbranched alkanes of at least 4 members (excludes halogenated alkanes) is 2. The summed E-state index contributed by atoms with van der Waals surface area (Å²) < 4.78 is 13.8. The van der Waals surface area contributed by atoms with Crippen LogP contribution in [0.1, 0.15) is 58.6 Å². The van der Waals surface area contributed by atoms with Gasteiger partial charge in [0, 0.05) is 18.2 Å². The summed E-state index contributed by atoms with van der Waals surface area (Å²) in [6.45, 7) is 10.4. The van der Waals surface area contributed by atoms with Crippen LogP contribution in [0.15, 0.2) is 24.3 Å². The van der Waals surface area contributed by atoms with Crippen LogP contribution in [0.2, 0.25) is 0 Å². The van der Waals surface area contributed by atoms with E-state index >= 15 is 0 Å². The van der Waals surface area contributed by atoms with Gasteiger partial charge in [-0.15, -0.1) is 0 Å². The molecule has 0 fully saturated rings. The lowest BCUT2D eigenvalue weighted by Gasteiger charge is -2.31. The Balaban J connectivity index is 2.64. The third-order valence-electron chi connectivity index (χ3n) is 4.06. The average molecular weight is 295 g/mol. The monoisotopic (exact) mass is 295 g/mol. The van der Waals surface area contributed by atoms with E-state index < -0.39 is 6.10 Å². The molecule has 21 heavy (non-hydrogen) atoms. The Morgan fingerprint density at radius 2 is 1.81 bits per heavy atom. The molecule has 2 atom stereocenters. The third-order valence-corrected chi connectivity index (χ3v) is 4.06. The summed E-state index contributed by atoms with van der Waals surface area (Å²) in [7, 11) is 0. The van der Waals surface area contributed by atoms with Gasteiger partial charge in [0.25, 0.3) is 0 Å². The fraction of sp³-hybridized carbons (Fsp3) is 0.667. The van der Waals surface area contributed by atoms with Gasteiger partial charge in [-0.1, -0.05) is 44.9 Å². The Bertz CT molecular complexity index is 408. The summed E-state index contributed by atoms with van der Waals surface area (Å²) in [6.07, 6.45) is 2.86. The number of aliphatic hydroxyl groups excluding tert-OH is 1. The van der Waals surface area contributed by atoms with Crippen molar-refractivity contribution in [2.75, 3.05) is 13.1 Å². The van der Waals surface area contributed by atoms with Crippen LogP contribution < -0.4 is 0 Å². The largest absolute Gasteiger partial charge is 0.388 e. The number of hydrogen-bond donors (Lipinski definition) is 1. The summed E-state index contributed by atoms with van der Waals surface area (Å²) in [5, 5.41) is 10.4. The normalized spacial score (nSPS) is 14.7. The van der Waals surface area contributed by atoms with E-state index in [0.717, 1.165) is 13.1 Å². The van der Waals surface area contributed by atoms with Gasteiger partial charge in [-0.25, -0.2) is 4.39 Å². The molecule has 1 N–H and O–H groups in total. The number of rotatable bonds is 9. The zero-order chi connectivity index (χ0) is 15.8. The van der Waals surface area contributed by atoms with Gasteiger partial charge in [0.15, 0.2) is 0 Å². The van der Waals surface area contributed by atoms with Crippen molar-refractivity contribution in [3.63, 3.8) is 0 Å². The van der Waals surface area contributed by atoms with Gasteiger partial charge in [-0.3, -0.25) is 0 Å². The minimum atomic E-state index is -0.751. The fourth-order valence-electron chi connectivity index (χ4n) is 2.62. The number of halogens is 1. The summed E-state index contributed by atoms with van der Waals surface area (Å²) >= 11 is 0. The Hall–Kier alpha value is -0.930. The Kier molecular flexibility index (Phi) is 7.91. The van der Waals surface area contributed by atoms with Gasteiger partial charge in [0.2, 0.25) is 0 Å². The van der Waals surface area contributed by atoms with E-state index in [-0.39, 0.29) is 11.7 Å². The van der Waals surface area contributed by atoms with Crippen LogP contribution in [0.3, 0.4) is 0 Å². The van der Waals surface area contributed by atoms with E-state index in [1.165, 1.54) is 25.3 Å². The maximum absolute atomic E-state index is 13.8.